The third-order valence-corrected chi connectivity index (χ3v) is 4.99. The first-order valence-corrected chi connectivity index (χ1v) is 8.16. The monoisotopic (exact) mass is 328 g/mol. The van der Waals surface area contributed by atoms with E-state index in [1.165, 1.54) is 0 Å². The number of methoxy groups -OCH3 is 1. The standard InChI is InChI=1S/C17H20N4O3/c1-23-13-5-3-12(4-6-13)21-10-11(9-14(21)22)15-19-16(20-24-15)17(18)7-2-8-17/h3-6,11H,2,7-10,18H2,1H3. The molecular formula is C17H20N4O3. The molecule has 1 aliphatic carbocycles. The van der Waals surface area contributed by atoms with E-state index in [4.69, 9.17) is 15.0 Å². The molecule has 126 valence electrons. The summed E-state index contributed by atoms with van der Waals surface area (Å²) in [7, 11) is 1.62. The Kier molecular flexibility index (Phi) is 3.53. The van der Waals surface area contributed by atoms with Crippen molar-refractivity contribution in [3.05, 3.63) is 36.0 Å². The van der Waals surface area contributed by atoms with Gasteiger partial charge in [-0.05, 0) is 43.5 Å². The van der Waals surface area contributed by atoms with Crippen LogP contribution in [0.5, 0.6) is 5.75 Å². The van der Waals surface area contributed by atoms with Crippen LogP contribution in [0, 0.1) is 0 Å². The van der Waals surface area contributed by atoms with E-state index in [2.05, 4.69) is 10.1 Å². The van der Waals surface area contributed by atoms with Crippen LogP contribution in [0.4, 0.5) is 5.69 Å². The first-order chi connectivity index (χ1) is 11.6. The molecule has 2 aliphatic rings. The number of benzene rings is 1. The number of amides is 1. The first-order valence-electron chi connectivity index (χ1n) is 8.16. The van der Waals surface area contributed by atoms with Gasteiger partial charge in [-0.2, -0.15) is 4.98 Å². The van der Waals surface area contributed by atoms with Gasteiger partial charge in [0.05, 0.1) is 18.6 Å². The van der Waals surface area contributed by atoms with E-state index in [-0.39, 0.29) is 11.8 Å². The highest BCUT2D eigenvalue weighted by Crippen LogP contribution is 2.38. The maximum atomic E-state index is 12.4. The Hall–Kier alpha value is -2.41. The summed E-state index contributed by atoms with van der Waals surface area (Å²) in [4.78, 5) is 18.6. The van der Waals surface area contributed by atoms with Crippen molar-refractivity contribution in [1.82, 2.24) is 10.1 Å². The SMILES string of the molecule is COc1ccc(N2CC(c3nc(C4(N)CCC4)no3)CC2=O)cc1. The molecule has 1 aliphatic heterocycles. The summed E-state index contributed by atoms with van der Waals surface area (Å²) >= 11 is 0. The predicted octanol–water partition coefficient (Wildman–Crippen LogP) is 1.94. The van der Waals surface area contributed by atoms with E-state index in [1.807, 2.05) is 24.3 Å². The van der Waals surface area contributed by atoms with Gasteiger partial charge in [-0.25, -0.2) is 0 Å². The fraction of sp³-hybridized carbons (Fsp3) is 0.471. The molecule has 1 aromatic carbocycles. The van der Waals surface area contributed by atoms with E-state index in [0.717, 1.165) is 30.7 Å². The number of anilines is 1. The molecule has 2 fully saturated rings. The molecule has 1 saturated carbocycles. The van der Waals surface area contributed by atoms with Crippen LogP contribution in [0.25, 0.3) is 0 Å². The topological polar surface area (TPSA) is 94.5 Å². The average molecular weight is 328 g/mol. The van der Waals surface area contributed by atoms with Gasteiger partial charge in [0.25, 0.3) is 0 Å². The minimum Gasteiger partial charge on any atom is -0.497 e. The van der Waals surface area contributed by atoms with Crippen molar-refractivity contribution in [3.63, 3.8) is 0 Å². The van der Waals surface area contributed by atoms with Gasteiger partial charge in [-0.1, -0.05) is 5.16 Å². The summed E-state index contributed by atoms with van der Waals surface area (Å²) in [6.07, 6.45) is 3.22. The Morgan fingerprint density at radius 3 is 2.71 bits per heavy atom. The third-order valence-electron chi connectivity index (χ3n) is 4.99. The van der Waals surface area contributed by atoms with Crippen molar-refractivity contribution in [2.24, 2.45) is 5.73 Å². The van der Waals surface area contributed by atoms with Crippen molar-refractivity contribution >= 4 is 11.6 Å². The number of nitrogens with two attached hydrogens (primary N) is 1. The summed E-state index contributed by atoms with van der Waals surface area (Å²) in [5.41, 5.74) is 6.64. The van der Waals surface area contributed by atoms with Crippen LogP contribution in [0.1, 0.15) is 43.3 Å². The zero-order chi connectivity index (χ0) is 16.7. The molecule has 2 aromatic rings. The van der Waals surface area contributed by atoms with Crippen molar-refractivity contribution in [2.45, 2.75) is 37.1 Å². The fourth-order valence-corrected chi connectivity index (χ4v) is 3.27. The van der Waals surface area contributed by atoms with Crippen LogP contribution >= 0.6 is 0 Å². The molecule has 0 spiro atoms. The first kappa shape index (κ1) is 15.1. The van der Waals surface area contributed by atoms with Crippen LogP contribution in [0.3, 0.4) is 0 Å². The second kappa shape index (κ2) is 5.59. The maximum Gasteiger partial charge on any atom is 0.232 e. The lowest BCUT2D eigenvalue weighted by molar-refractivity contribution is -0.117. The average Bonchev–Trinajstić information content (AvgIpc) is 3.20. The molecule has 1 saturated heterocycles. The molecule has 7 heteroatoms. The minimum absolute atomic E-state index is 0.0519. The molecule has 4 rings (SSSR count). The maximum absolute atomic E-state index is 12.4. The summed E-state index contributed by atoms with van der Waals surface area (Å²) in [6.45, 7) is 0.532. The molecule has 24 heavy (non-hydrogen) atoms. The predicted molar refractivity (Wildman–Crippen MR) is 86.7 cm³/mol. The molecule has 2 N–H and O–H groups in total. The lowest BCUT2D eigenvalue weighted by Gasteiger charge is -2.34. The summed E-state index contributed by atoms with van der Waals surface area (Å²) in [5.74, 6) is 1.79. The van der Waals surface area contributed by atoms with Crippen LogP contribution in [-0.2, 0) is 10.3 Å². The van der Waals surface area contributed by atoms with Gasteiger partial charge in [0.2, 0.25) is 11.8 Å². The van der Waals surface area contributed by atoms with Gasteiger partial charge >= 0.3 is 0 Å². The number of nitrogens with zero attached hydrogens (tertiary/aromatic N) is 3. The van der Waals surface area contributed by atoms with E-state index in [0.29, 0.717) is 24.7 Å². The highest BCUT2D eigenvalue weighted by molar-refractivity contribution is 5.96. The van der Waals surface area contributed by atoms with E-state index in [1.54, 1.807) is 12.0 Å². The highest BCUT2D eigenvalue weighted by atomic mass is 16.5. The largest absolute Gasteiger partial charge is 0.497 e. The van der Waals surface area contributed by atoms with Gasteiger partial charge in [-0.15, -0.1) is 0 Å². The van der Waals surface area contributed by atoms with Gasteiger partial charge < -0.3 is 19.9 Å². The van der Waals surface area contributed by atoms with Crippen LogP contribution in [-0.4, -0.2) is 29.7 Å². The lowest BCUT2D eigenvalue weighted by atomic mass is 9.77. The molecule has 0 radical (unpaired) electrons. The Balaban J connectivity index is 1.51. The number of carbonyl (C=O) groups excluding carboxylic acids is 1. The Morgan fingerprint density at radius 2 is 2.08 bits per heavy atom. The van der Waals surface area contributed by atoms with Crippen molar-refractivity contribution in [2.75, 3.05) is 18.6 Å². The zero-order valence-electron chi connectivity index (χ0n) is 13.6. The van der Waals surface area contributed by atoms with Gasteiger partial charge in [0.15, 0.2) is 5.82 Å². The van der Waals surface area contributed by atoms with Crippen LogP contribution < -0.4 is 15.4 Å². The number of ether oxygens (including phenoxy) is 1. The molecule has 0 bridgehead atoms. The third kappa shape index (κ3) is 2.45. The number of rotatable bonds is 4. The number of carbonyl (C=O) groups is 1. The van der Waals surface area contributed by atoms with Gasteiger partial charge in [0, 0.05) is 18.7 Å². The smallest absolute Gasteiger partial charge is 0.232 e. The van der Waals surface area contributed by atoms with Gasteiger partial charge in [-0.3, -0.25) is 4.79 Å². The molecule has 1 aromatic heterocycles. The minimum atomic E-state index is -0.444. The summed E-state index contributed by atoms with van der Waals surface area (Å²) in [6, 6.07) is 7.44. The second-order valence-electron chi connectivity index (χ2n) is 6.57. The fourth-order valence-electron chi connectivity index (χ4n) is 3.27. The molecule has 7 nitrogen and oxygen atoms in total. The molecule has 1 amide bonds. The molecule has 2 heterocycles. The zero-order valence-corrected chi connectivity index (χ0v) is 13.6. The second-order valence-corrected chi connectivity index (χ2v) is 6.57. The Labute approximate surface area is 139 Å². The molecule has 1 unspecified atom stereocenters. The number of hydrogen-bond donors (Lipinski definition) is 1. The van der Waals surface area contributed by atoms with Crippen LogP contribution in [0.15, 0.2) is 28.8 Å². The van der Waals surface area contributed by atoms with Crippen molar-refractivity contribution in [3.8, 4) is 5.75 Å². The van der Waals surface area contributed by atoms with Crippen molar-refractivity contribution < 1.29 is 14.1 Å². The molecular weight excluding hydrogens is 308 g/mol. The Bertz CT molecular complexity index is 751. The highest BCUT2D eigenvalue weighted by Gasteiger charge is 2.41. The quantitative estimate of drug-likeness (QED) is 0.921. The normalized spacial score (nSPS) is 22.5. The van der Waals surface area contributed by atoms with Crippen LogP contribution in [0.2, 0.25) is 0 Å². The Morgan fingerprint density at radius 1 is 1.33 bits per heavy atom. The van der Waals surface area contributed by atoms with E-state index in [9.17, 15) is 4.79 Å². The van der Waals surface area contributed by atoms with E-state index < -0.39 is 5.54 Å². The molecule has 1 atom stereocenters. The summed E-state index contributed by atoms with van der Waals surface area (Å²) in [5, 5.41) is 4.04. The van der Waals surface area contributed by atoms with Gasteiger partial charge in [0.1, 0.15) is 5.75 Å². The lowest BCUT2D eigenvalue weighted by Crippen LogP contribution is -2.44. The van der Waals surface area contributed by atoms with E-state index >= 15 is 0 Å². The number of aromatic nitrogens is 2. The van der Waals surface area contributed by atoms with Crippen molar-refractivity contribution in [1.29, 1.82) is 0 Å². The summed E-state index contributed by atoms with van der Waals surface area (Å²) < 4.78 is 10.6. The number of hydrogen-bond acceptors (Lipinski definition) is 6.